The fraction of sp³-hybridized carbons (Fsp3) is 0.417. The molecule has 0 saturated heterocycles. The molecule has 2 nitrogen and oxygen atoms in total. The minimum atomic E-state index is 0.530. The molecule has 1 aromatic rings. The van der Waals surface area contributed by atoms with Crippen molar-refractivity contribution in [2.45, 2.75) is 19.4 Å². The van der Waals surface area contributed by atoms with Gasteiger partial charge in [-0.15, -0.1) is 0 Å². The average Bonchev–Trinajstić information content (AvgIpc) is 2.26. The van der Waals surface area contributed by atoms with Crippen LogP contribution >= 0.6 is 0 Å². The second-order valence-electron chi connectivity index (χ2n) is 3.69. The summed E-state index contributed by atoms with van der Waals surface area (Å²) in [6, 6.07) is 8.53. The number of rotatable bonds is 3. The third kappa shape index (κ3) is 2.02. The first-order chi connectivity index (χ1) is 6.90. The van der Waals surface area contributed by atoms with E-state index in [-0.39, 0.29) is 0 Å². The van der Waals surface area contributed by atoms with Crippen LogP contribution in [0.5, 0.6) is 0 Å². The van der Waals surface area contributed by atoms with E-state index in [1.54, 1.807) is 0 Å². The van der Waals surface area contributed by atoms with Gasteiger partial charge in [-0.25, -0.2) is 0 Å². The number of benzene rings is 1. The highest BCUT2D eigenvalue weighted by molar-refractivity contribution is 5.50. The van der Waals surface area contributed by atoms with Gasteiger partial charge in [0.15, 0.2) is 6.29 Å². The molecule has 0 N–H and O–H groups in total. The maximum absolute atomic E-state index is 10.1. The quantitative estimate of drug-likeness (QED) is 0.717. The van der Waals surface area contributed by atoms with E-state index in [0.717, 1.165) is 26.1 Å². The molecule has 0 atom stereocenters. The SMILES string of the molecule is O=[C]CCN1CCc2ccccc2C1. The van der Waals surface area contributed by atoms with Gasteiger partial charge in [-0.2, -0.15) is 0 Å². The van der Waals surface area contributed by atoms with Crippen molar-refractivity contribution in [1.29, 1.82) is 0 Å². The van der Waals surface area contributed by atoms with Crippen LogP contribution in [0.4, 0.5) is 0 Å². The number of hydrogen-bond donors (Lipinski definition) is 0. The first-order valence-electron chi connectivity index (χ1n) is 5.04. The van der Waals surface area contributed by atoms with Crippen molar-refractivity contribution in [2.75, 3.05) is 13.1 Å². The standard InChI is InChI=1S/C12H14NO/c14-9-3-7-13-8-6-11-4-1-2-5-12(11)10-13/h1-2,4-5H,3,6-8,10H2. The lowest BCUT2D eigenvalue weighted by Gasteiger charge is -2.27. The van der Waals surface area contributed by atoms with E-state index in [1.807, 2.05) is 6.29 Å². The normalized spacial score (nSPS) is 16.3. The molecule has 0 unspecified atom stereocenters. The summed E-state index contributed by atoms with van der Waals surface area (Å²) in [7, 11) is 0. The molecule has 0 fully saturated rings. The van der Waals surface area contributed by atoms with Crippen molar-refractivity contribution in [3.8, 4) is 0 Å². The van der Waals surface area contributed by atoms with Crippen LogP contribution in [-0.4, -0.2) is 24.3 Å². The van der Waals surface area contributed by atoms with Gasteiger partial charge in [0.05, 0.1) is 0 Å². The van der Waals surface area contributed by atoms with Crippen molar-refractivity contribution < 1.29 is 4.79 Å². The molecule has 1 aliphatic heterocycles. The number of carbonyl (C=O) groups excluding carboxylic acids is 1. The van der Waals surface area contributed by atoms with E-state index in [9.17, 15) is 4.79 Å². The molecule has 14 heavy (non-hydrogen) atoms. The van der Waals surface area contributed by atoms with E-state index in [4.69, 9.17) is 0 Å². The molecule has 0 saturated carbocycles. The Morgan fingerprint density at radius 2 is 2.07 bits per heavy atom. The zero-order valence-electron chi connectivity index (χ0n) is 8.20. The Morgan fingerprint density at radius 3 is 2.86 bits per heavy atom. The summed E-state index contributed by atoms with van der Waals surface area (Å²) < 4.78 is 0. The fourth-order valence-electron chi connectivity index (χ4n) is 1.95. The Bertz CT molecular complexity index is 322. The van der Waals surface area contributed by atoms with E-state index >= 15 is 0 Å². The van der Waals surface area contributed by atoms with Crippen LogP contribution in [0.15, 0.2) is 24.3 Å². The molecule has 1 heterocycles. The maximum atomic E-state index is 10.1. The van der Waals surface area contributed by atoms with Gasteiger partial charge in [-0.3, -0.25) is 9.69 Å². The molecule has 0 amide bonds. The van der Waals surface area contributed by atoms with Crippen LogP contribution in [0.1, 0.15) is 17.5 Å². The molecular weight excluding hydrogens is 174 g/mol. The van der Waals surface area contributed by atoms with Crippen LogP contribution in [0.3, 0.4) is 0 Å². The fourth-order valence-corrected chi connectivity index (χ4v) is 1.95. The Balaban J connectivity index is 2.02. The van der Waals surface area contributed by atoms with E-state index in [2.05, 4.69) is 29.2 Å². The Morgan fingerprint density at radius 1 is 1.29 bits per heavy atom. The molecule has 0 bridgehead atoms. The average molecular weight is 188 g/mol. The van der Waals surface area contributed by atoms with Gasteiger partial charge in [0.25, 0.3) is 0 Å². The largest absolute Gasteiger partial charge is 0.298 e. The zero-order chi connectivity index (χ0) is 9.80. The van der Waals surface area contributed by atoms with Gasteiger partial charge < -0.3 is 0 Å². The Kier molecular flexibility index (Phi) is 2.94. The summed E-state index contributed by atoms with van der Waals surface area (Å²) >= 11 is 0. The summed E-state index contributed by atoms with van der Waals surface area (Å²) in [4.78, 5) is 12.5. The van der Waals surface area contributed by atoms with Gasteiger partial charge >= 0.3 is 0 Å². The number of nitrogens with zero attached hydrogens (tertiary/aromatic N) is 1. The van der Waals surface area contributed by atoms with Crippen LogP contribution in [-0.2, 0) is 17.8 Å². The molecule has 0 aromatic heterocycles. The van der Waals surface area contributed by atoms with E-state index in [0.29, 0.717) is 6.42 Å². The first kappa shape index (κ1) is 9.41. The molecule has 0 aliphatic carbocycles. The van der Waals surface area contributed by atoms with Crippen molar-refractivity contribution in [2.24, 2.45) is 0 Å². The summed E-state index contributed by atoms with van der Waals surface area (Å²) in [6.45, 7) is 2.90. The second kappa shape index (κ2) is 4.38. The minimum absolute atomic E-state index is 0.530. The van der Waals surface area contributed by atoms with Gasteiger partial charge in [0, 0.05) is 26.1 Å². The van der Waals surface area contributed by atoms with Gasteiger partial charge in [0.2, 0.25) is 0 Å². The Labute approximate surface area is 84.5 Å². The monoisotopic (exact) mass is 188 g/mol. The van der Waals surface area contributed by atoms with E-state index < -0.39 is 0 Å². The number of fused-ring (bicyclic) bond motifs is 1. The van der Waals surface area contributed by atoms with Crippen molar-refractivity contribution in [3.05, 3.63) is 35.4 Å². The third-order valence-corrected chi connectivity index (χ3v) is 2.74. The van der Waals surface area contributed by atoms with Gasteiger partial charge in [-0.05, 0) is 17.5 Å². The molecule has 1 aliphatic rings. The molecule has 2 rings (SSSR count). The lowest BCUT2D eigenvalue weighted by atomic mass is 10.00. The summed E-state index contributed by atoms with van der Waals surface area (Å²) in [5, 5.41) is 0. The highest BCUT2D eigenvalue weighted by atomic mass is 16.1. The van der Waals surface area contributed by atoms with Crippen molar-refractivity contribution >= 4 is 6.29 Å². The van der Waals surface area contributed by atoms with Gasteiger partial charge in [-0.1, -0.05) is 24.3 Å². The summed E-state index contributed by atoms with van der Waals surface area (Å²) in [5.74, 6) is 0. The predicted molar refractivity (Wildman–Crippen MR) is 55.7 cm³/mol. The van der Waals surface area contributed by atoms with Crippen LogP contribution in [0, 0.1) is 0 Å². The minimum Gasteiger partial charge on any atom is -0.298 e. The second-order valence-corrected chi connectivity index (χ2v) is 3.69. The van der Waals surface area contributed by atoms with Crippen LogP contribution in [0.25, 0.3) is 0 Å². The molecule has 1 aromatic carbocycles. The first-order valence-corrected chi connectivity index (χ1v) is 5.04. The predicted octanol–water partition coefficient (Wildman–Crippen LogP) is 1.54. The lowest BCUT2D eigenvalue weighted by Crippen LogP contribution is -2.31. The lowest BCUT2D eigenvalue weighted by molar-refractivity contribution is 0.260. The van der Waals surface area contributed by atoms with Gasteiger partial charge in [0.1, 0.15) is 0 Å². The molecule has 73 valence electrons. The number of hydrogen-bond acceptors (Lipinski definition) is 2. The maximum Gasteiger partial charge on any atom is 0.199 e. The van der Waals surface area contributed by atoms with Crippen molar-refractivity contribution in [1.82, 2.24) is 4.90 Å². The molecule has 1 radical (unpaired) electrons. The third-order valence-electron chi connectivity index (χ3n) is 2.74. The zero-order valence-corrected chi connectivity index (χ0v) is 8.20. The molecule has 0 spiro atoms. The van der Waals surface area contributed by atoms with Crippen LogP contribution in [0.2, 0.25) is 0 Å². The van der Waals surface area contributed by atoms with Crippen molar-refractivity contribution in [3.63, 3.8) is 0 Å². The summed E-state index contributed by atoms with van der Waals surface area (Å²) in [6.07, 6.45) is 3.58. The van der Waals surface area contributed by atoms with Crippen LogP contribution < -0.4 is 0 Å². The Hall–Kier alpha value is -1.15. The summed E-state index contributed by atoms with van der Waals surface area (Å²) in [5.41, 5.74) is 2.86. The van der Waals surface area contributed by atoms with E-state index in [1.165, 1.54) is 11.1 Å². The molecule has 2 heteroatoms. The highest BCUT2D eigenvalue weighted by Gasteiger charge is 2.14. The molecular formula is C12H14NO. The highest BCUT2D eigenvalue weighted by Crippen LogP contribution is 2.17. The topological polar surface area (TPSA) is 20.3 Å². The smallest absolute Gasteiger partial charge is 0.199 e.